The number of aliphatic hydroxyl groups excluding tert-OH is 1. The van der Waals surface area contributed by atoms with E-state index >= 15 is 0 Å². The van der Waals surface area contributed by atoms with E-state index in [1.807, 2.05) is 11.4 Å². The van der Waals surface area contributed by atoms with Gasteiger partial charge in [0.1, 0.15) is 5.01 Å². The molecule has 0 aliphatic heterocycles. The summed E-state index contributed by atoms with van der Waals surface area (Å²) in [6, 6.07) is 6.19. The van der Waals surface area contributed by atoms with Crippen molar-refractivity contribution >= 4 is 27.3 Å². The molecule has 0 unspecified atom stereocenters. The fourth-order valence-corrected chi connectivity index (χ4v) is 2.78. The molecule has 1 N–H and O–H groups in total. The number of aryl methyl sites for hydroxylation is 1. The first kappa shape index (κ1) is 11.8. The van der Waals surface area contributed by atoms with E-state index < -0.39 is 0 Å². The molecule has 0 fully saturated rings. The summed E-state index contributed by atoms with van der Waals surface area (Å²) >= 11 is 5.09. The predicted molar refractivity (Wildman–Crippen MR) is 70.8 cm³/mol. The molecule has 0 atom stereocenters. The van der Waals surface area contributed by atoms with Gasteiger partial charge in [-0.15, -0.1) is 11.3 Å². The summed E-state index contributed by atoms with van der Waals surface area (Å²) in [6.45, 7) is 2.23. The van der Waals surface area contributed by atoms with Gasteiger partial charge in [-0.2, -0.15) is 0 Å². The van der Waals surface area contributed by atoms with Crippen LogP contribution in [0.2, 0.25) is 0 Å². The van der Waals surface area contributed by atoms with Crippen LogP contribution in [0.5, 0.6) is 0 Å². The van der Waals surface area contributed by atoms with Crippen LogP contribution < -0.4 is 0 Å². The van der Waals surface area contributed by atoms with Crippen molar-refractivity contribution in [2.45, 2.75) is 13.3 Å². The highest BCUT2D eigenvalue weighted by Crippen LogP contribution is 2.29. The first-order valence-corrected chi connectivity index (χ1v) is 6.70. The van der Waals surface area contributed by atoms with E-state index in [2.05, 4.69) is 40.0 Å². The molecule has 4 heteroatoms. The molecular formula is C12H12BrNOS. The van der Waals surface area contributed by atoms with E-state index in [-0.39, 0.29) is 6.61 Å². The number of benzene rings is 1. The Morgan fingerprint density at radius 1 is 1.44 bits per heavy atom. The van der Waals surface area contributed by atoms with Crippen molar-refractivity contribution in [3.63, 3.8) is 0 Å². The Balaban J connectivity index is 2.38. The molecular weight excluding hydrogens is 286 g/mol. The highest BCUT2D eigenvalue weighted by molar-refractivity contribution is 9.10. The summed E-state index contributed by atoms with van der Waals surface area (Å²) in [6.07, 6.45) is 0.629. The number of rotatable bonds is 3. The molecule has 0 spiro atoms. The van der Waals surface area contributed by atoms with Gasteiger partial charge in [-0.25, -0.2) is 4.98 Å². The predicted octanol–water partition coefficient (Wildman–Crippen LogP) is 3.42. The van der Waals surface area contributed by atoms with Gasteiger partial charge in [-0.05, 0) is 24.6 Å². The molecule has 0 aliphatic carbocycles. The third-order valence-electron chi connectivity index (χ3n) is 2.35. The monoisotopic (exact) mass is 297 g/mol. The number of nitrogens with zero attached hydrogens (tertiary/aromatic N) is 1. The van der Waals surface area contributed by atoms with E-state index in [0.717, 1.165) is 20.7 Å². The lowest BCUT2D eigenvalue weighted by Gasteiger charge is -2.02. The fraction of sp³-hybridized carbons (Fsp3) is 0.250. The van der Waals surface area contributed by atoms with Gasteiger partial charge < -0.3 is 5.11 Å². The van der Waals surface area contributed by atoms with Crippen LogP contribution in [-0.2, 0) is 6.42 Å². The highest BCUT2D eigenvalue weighted by Gasteiger charge is 2.07. The Hall–Kier alpha value is -0.710. The molecule has 2 nitrogen and oxygen atoms in total. The quantitative estimate of drug-likeness (QED) is 0.942. The maximum atomic E-state index is 8.86. The van der Waals surface area contributed by atoms with E-state index in [4.69, 9.17) is 5.11 Å². The SMILES string of the molecule is Cc1ccc(Br)cc1-c1nc(CCO)cs1. The van der Waals surface area contributed by atoms with E-state index in [9.17, 15) is 0 Å². The zero-order chi connectivity index (χ0) is 11.5. The molecule has 16 heavy (non-hydrogen) atoms. The topological polar surface area (TPSA) is 33.1 Å². The van der Waals surface area contributed by atoms with Crippen LogP contribution >= 0.6 is 27.3 Å². The van der Waals surface area contributed by atoms with Gasteiger partial charge in [0.15, 0.2) is 0 Å². The molecule has 0 amide bonds. The van der Waals surface area contributed by atoms with E-state index in [1.54, 1.807) is 11.3 Å². The maximum Gasteiger partial charge on any atom is 0.123 e. The Morgan fingerprint density at radius 2 is 2.25 bits per heavy atom. The Bertz CT molecular complexity index is 496. The average molecular weight is 298 g/mol. The zero-order valence-electron chi connectivity index (χ0n) is 8.90. The second-order valence-electron chi connectivity index (χ2n) is 3.58. The summed E-state index contributed by atoms with van der Waals surface area (Å²) < 4.78 is 1.06. The molecule has 1 aromatic heterocycles. The summed E-state index contributed by atoms with van der Waals surface area (Å²) in [4.78, 5) is 4.51. The van der Waals surface area contributed by atoms with Crippen LogP contribution in [0.3, 0.4) is 0 Å². The molecule has 0 radical (unpaired) electrons. The molecule has 1 aromatic carbocycles. The molecule has 0 bridgehead atoms. The van der Waals surface area contributed by atoms with Gasteiger partial charge in [0.25, 0.3) is 0 Å². The van der Waals surface area contributed by atoms with Crippen molar-refractivity contribution in [2.75, 3.05) is 6.61 Å². The lowest BCUT2D eigenvalue weighted by Crippen LogP contribution is -1.90. The van der Waals surface area contributed by atoms with Gasteiger partial charge >= 0.3 is 0 Å². The van der Waals surface area contributed by atoms with Crippen LogP contribution in [-0.4, -0.2) is 16.7 Å². The summed E-state index contributed by atoms with van der Waals surface area (Å²) in [5.41, 5.74) is 3.33. The molecule has 0 saturated carbocycles. The lowest BCUT2D eigenvalue weighted by molar-refractivity contribution is 0.298. The number of aromatic nitrogens is 1. The minimum absolute atomic E-state index is 0.153. The van der Waals surface area contributed by atoms with Crippen molar-refractivity contribution in [2.24, 2.45) is 0 Å². The average Bonchev–Trinajstić information content (AvgIpc) is 2.71. The summed E-state index contributed by atoms with van der Waals surface area (Å²) in [5.74, 6) is 0. The first-order chi connectivity index (χ1) is 7.70. The molecule has 1 heterocycles. The molecule has 84 valence electrons. The number of aliphatic hydroxyl groups is 1. The highest BCUT2D eigenvalue weighted by atomic mass is 79.9. The standard InChI is InChI=1S/C12H12BrNOS/c1-8-2-3-9(13)6-11(8)12-14-10(4-5-15)7-16-12/h2-3,6-7,15H,4-5H2,1H3. The molecule has 2 rings (SSSR count). The third kappa shape index (κ3) is 2.51. The van der Waals surface area contributed by atoms with Gasteiger partial charge in [-0.1, -0.05) is 22.0 Å². The molecule has 0 saturated heterocycles. The summed E-state index contributed by atoms with van der Waals surface area (Å²) in [7, 11) is 0. The van der Waals surface area contributed by atoms with Gasteiger partial charge in [0, 0.05) is 28.4 Å². The van der Waals surface area contributed by atoms with Crippen LogP contribution in [0.4, 0.5) is 0 Å². The third-order valence-corrected chi connectivity index (χ3v) is 3.77. The van der Waals surface area contributed by atoms with Gasteiger partial charge in [0.2, 0.25) is 0 Å². The number of hydrogen-bond acceptors (Lipinski definition) is 3. The molecule has 0 aliphatic rings. The Labute approximate surface area is 107 Å². The fourth-order valence-electron chi connectivity index (χ4n) is 1.48. The van der Waals surface area contributed by atoms with Crippen LogP contribution in [0.1, 0.15) is 11.3 Å². The van der Waals surface area contributed by atoms with Gasteiger partial charge in [0.05, 0.1) is 5.69 Å². The summed E-state index contributed by atoms with van der Waals surface area (Å²) in [5, 5.41) is 11.9. The smallest absolute Gasteiger partial charge is 0.123 e. The maximum absolute atomic E-state index is 8.86. The van der Waals surface area contributed by atoms with Crippen molar-refractivity contribution in [1.29, 1.82) is 0 Å². The molecule has 2 aromatic rings. The second-order valence-corrected chi connectivity index (χ2v) is 5.35. The van der Waals surface area contributed by atoms with Crippen molar-refractivity contribution in [3.05, 3.63) is 39.3 Å². The Morgan fingerprint density at radius 3 is 3.00 bits per heavy atom. The Kier molecular flexibility index (Phi) is 3.74. The van der Waals surface area contributed by atoms with Crippen molar-refractivity contribution < 1.29 is 5.11 Å². The van der Waals surface area contributed by atoms with Crippen LogP contribution in [0, 0.1) is 6.92 Å². The second kappa shape index (κ2) is 5.08. The van der Waals surface area contributed by atoms with Crippen LogP contribution in [0.15, 0.2) is 28.1 Å². The van der Waals surface area contributed by atoms with Crippen LogP contribution in [0.25, 0.3) is 10.6 Å². The first-order valence-electron chi connectivity index (χ1n) is 5.02. The lowest BCUT2D eigenvalue weighted by atomic mass is 10.1. The minimum atomic E-state index is 0.153. The normalized spacial score (nSPS) is 10.7. The minimum Gasteiger partial charge on any atom is -0.396 e. The largest absolute Gasteiger partial charge is 0.396 e. The van der Waals surface area contributed by atoms with Crippen molar-refractivity contribution in [1.82, 2.24) is 4.98 Å². The van der Waals surface area contributed by atoms with E-state index in [1.165, 1.54) is 5.56 Å². The van der Waals surface area contributed by atoms with Gasteiger partial charge in [-0.3, -0.25) is 0 Å². The number of hydrogen-bond donors (Lipinski definition) is 1. The van der Waals surface area contributed by atoms with E-state index in [0.29, 0.717) is 6.42 Å². The zero-order valence-corrected chi connectivity index (χ0v) is 11.3. The number of halogens is 1. The number of thiazole rings is 1. The van der Waals surface area contributed by atoms with Crippen molar-refractivity contribution in [3.8, 4) is 10.6 Å².